The molecule has 0 aromatic carbocycles. The van der Waals surface area contributed by atoms with Crippen LogP contribution in [0, 0.1) is 6.92 Å². The summed E-state index contributed by atoms with van der Waals surface area (Å²) in [7, 11) is 0. The lowest BCUT2D eigenvalue weighted by atomic mass is 10.2. The van der Waals surface area contributed by atoms with Gasteiger partial charge in [-0.2, -0.15) is 4.98 Å². The Morgan fingerprint density at radius 3 is 2.64 bits per heavy atom. The van der Waals surface area contributed by atoms with Gasteiger partial charge >= 0.3 is 0 Å². The molecule has 2 aliphatic rings. The van der Waals surface area contributed by atoms with E-state index in [4.69, 9.17) is 9.51 Å². The van der Waals surface area contributed by atoms with Crippen LogP contribution in [-0.2, 0) is 6.54 Å². The Morgan fingerprint density at radius 1 is 1.08 bits per heavy atom. The van der Waals surface area contributed by atoms with Crippen molar-refractivity contribution in [2.45, 2.75) is 32.2 Å². The maximum atomic E-state index is 5.23. The molecule has 0 spiro atoms. The first kappa shape index (κ1) is 14.9. The molecule has 130 valence electrons. The summed E-state index contributed by atoms with van der Waals surface area (Å²) in [6, 6.07) is 4.32. The van der Waals surface area contributed by atoms with Crippen molar-refractivity contribution in [2.24, 2.45) is 0 Å². The van der Waals surface area contributed by atoms with Crippen LogP contribution in [0.1, 0.15) is 36.2 Å². The lowest BCUT2D eigenvalue weighted by Crippen LogP contribution is -2.46. The molecule has 0 radical (unpaired) electrons. The van der Waals surface area contributed by atoms with E-state index in [0.29, 0.717) is 17.6 Å². The number of anilines is 1. The lowest BCUT2D eigenvalue weighted by Gasteiger charge is -2.35. The number of nitrogens with zero attached hydrogens (tertiary/aromatic N) is 6. The number of aromatic nitrogens is 4. The Morgan fingerprint density at radius 2 is 1.92 bits per heavy atom. The smallest absolute Gasteiger partial charge is 0.240 e. The van der Waals surface area contributed by atoms with E-state index in [-0.39, 0.29) is 0 Å². The zero-order chi connectivity index (χ0) is 16.8. The third kappa shape index (κ3) is 3.00. The summed E-state index contributed by atoms with van der Waals surface area (Å²) in [4.78, 5) is 13.8. The molecule has 1 saturated carbocycles. The van der Waals surface area contributed by atoms with Gasteiger partial charge in [0, 0.05) is 44.5 Å². The quantitative estimate of drug-likeness (QED) is 0.727. The number of imidazole rings is 1. The van der Waals surface area contributed by atoms with E-state index in [9.17, 15) is 0 Å². The maximum absolute atomic E-state index is 5.23. The van der Waals surface area contributed by atoms with Gasteiger partial charge in [-0.1, -0.05) is 5.16 Å². The largest absolute Gasteiger partial charge is 0.368 e. The molecule has 0 atom stereocenters. The van der Waals surface area contributed by atoms with Crippen LogP contribution >= 0.6 is 0 Å². The zero-order valence-electron chi connectivity index (χ0n) is 14.4. The van der Waals surface area contributed by atoms with E-state index in [1.54, 1.807) is 0 Å². The fraction of sp³-hybridized carbons (Fsp3) is 0.500. The van der Waals surface area contributed by atoms with Gasteiger partial charge in [0.2, 0.25) is 5.89 Å². The van der Waals surface area contributed by atoms with Crippen molar-refractivity contribution < 1.29 is 4.52 Å². The topological polar surface area (TPSA) is 62.7 Å². The predicted molar refractivity (Wildman–Crippen MR) is 93.7 cm³/mol. The second kappa shape index (κ2) is 5.84. The summed E-state index contributed by atoms with van der Waals surface area (Å²) < 4.78 is 7.40. The standard InChI is InChI=1S/C18H22N6O/c1-13-19-18(25-21-13)12-22-6-8-23(9-7-22)15-4-5-17-20-16(14-2-3-14)11-24(17)10-15/h4-5,10-11,14H,2-3,6-9,12H2,1H3. The minimum Gasteiger partial charge on any atom is -0.368 e. The molecule has 3 aromatic rings. The third-order valence-corrected chi connectivity index (χ3v) is 5.12. The first-order valence-electron chi connectivity index (χ1n) is 9.00. The molecule has 4 heterocycles. The number of hydrogen-bond acceptors (Lipinski definition) is 6. The summed E-state index contributed by atoms with van der Waals surface area (Å²) >= 11 is 0. The molecule has 1 aliphatic carbocycles. The van der Waals surface area contributed by atoms with Crippen molar-refractivity contribution in [3.05, 3.63) is 41.9 Å². The number of hydrogen-bond donors (Lipinski definition) is 0. The van der Waals surface area contributed by atoms with Gasteiger partial charge in [-0.3, -0.25) is 4.90 Å². The van der Waals surface area contributed by atoms with Crippen LogP contribution in [0.4, 0.5) is 5.69 Å². The predicted octanol–water partition coefficient (Wildman–Crippen LogP) is 2.23. The van der Waals surface area contributed by atoms with E-state index in [1.807, 2.05) is 6.92 Å². The van der Waals surface area contributed by atoms with E-state index < -0.39 is 0 Å². The Bertz CT molecular complexity index is 888. The molecular formula is C18H22N6O. The molecule has 3 aromatic heterocycles. The van der Waals surface area contributed by atoms with E-state index in [2.05, 4.69) is 48.9 Å². The van der Waals surface area contributed by atoms with Crippen LogP contribution in [-0.4, -0.2) is 50.6 Å². The van der Waals surface area contributed by atoms with E-state index in [0.717, 1.165) is 38.4 Å². The molecule has 0 bridgehead atoms. The van der Waals surface area contributed by atoms with Crippen molar-refractivity contribution in [3.8, 4) is 0 Å². The van der Waals surface area contributed by atoms with E-state index >= 15 is 0 Å². The summed E-state index contributed by atoms with van der Waals surface area (Å²) in [5.41, 5.74) is 3.56. The Kier molecular flexibility index (Phi) is 3.48. The van der Waals surface area contributed by atoms with Crippen molar-refractivity contribution in [1.82, 2.24) is 24.4 Å². The zero-order valence-corrected chi connectivity index (χ0v) is 14.4. The van der Waals surface area contributed by atoms with Crippen LogP contribution in [0.25, 0.3) is 5.65 Å². The normalized spacial score (nSPS) is 19.0. The average Bonchev–Trinajstić information content (AvgIpc) is 3.27. The third-order valence-electron chi connectivity index (χ3n) is 5.12. The summed E-state index contributed by atoms with van der Waals surface area (Å²) in [6.45, 7) is 6.59. The fourth-order valence-corrected chi connectivity index (χ4v) is 3.52. The maximum Gasteiger partial charge on any atom is 0.240 e. The Hall–Kier alpha value is -2.41. The highest BCUT2D eigenvalue weighted by Crippen LogP contribution is 2.39. The fourth-order valence-electron chi connectivity index (χ4n) is 3.52. The van der Waals surface area contributed by atoms with Crippen LogP contribution in [0.2, 0.25) is 0 Å². The summed E-state index contributed by atoms with van der Waals surface area (Å²) in [6.07, 6.45) is 6.99. The first-order chi connectivity index (χ1) is 12.2. The number of piperazine rings is 1. The molecule has 5 rings (SSSR count). The molecule has 0 amide bonds. The molecule has 7 heteroatoms. The first-order valence-corrected chi connectivity index (χ1v) is 9.00. The number of aryl methyl sites for hydroxylation is 1. The molecule has 0 N–H and O–H groups in total. The summed E-state index contributed by atoms with van der Waals surface area (Å²) in [5, 5.41) is 3.86. The number of rotatable bonds is 4. The van der Waals surface area contributed by atoms with Crippen LogP contribution < -0.4 is 4.90 Å². The van der Waals surface area contributed by atoms with Crippen molar-refractivity contribution in [1.29, 1.82) is 0 Å². The van der Waals surface area contributed by atoms with Crippen molar-refractivity contribution in [3.63, 3.8) is 0 Å². The van der Waals surface area contributed by atoms with Crippen molar-refractivity contribution >= 4 is 11.3 Å². The van der Waals surface area contributed by atoms with E-state index in [1.165, 1.54) is 24.2 Å². The lowest BCUT2D eigenvalue weighted by molar-refractivity contribution is 0.215. The van der Waals surface area contributed by atoms with Gasteiger partial charge in [-0.25, -0.2) is 4.98 Å². The van der Waals surface area contributed by atoms with Crippen molar-refractivity contribution in [2.75, 3.05) is 31.1 Å². The number of fused-ring (bicyclic) bond motifs is 1. The molecular weight excluding hydrogens is 316 g/mol. The molecule has 2 fully saturated rings. The molecule has 7 nitrogen and oxygen atoms in total. The monoisotopic (exact) mass is 338 g/mol. The minimum atomic E-state index is 0.695. The number of pyridine rings is 1. The van der Waals surface area contributed by atoms with Crippen LogP contribution in [0.15, 0.2) is 29.0 Å². The highest BCUT2D eigenvalue weighted by molar-refractivity contribution is 5.53. The molecule has 1 saturated heterocycles. The van der Waals surface area contributed by atoms with Gasteiger partial charge in [0.1, 0.15) is 5.65 Å². The summed E-state index contributed by atoms with van der Waals surface area (Å²) in [5.74, 6) is 2.10. The Labute approximate surface area is 146 Å². The van der Waals surface area contributed by atoms with Gasteiger partial charge in [0.05, 0.1) is 17.9 Å². The second-order valence-electron chi connectivity index (χ2n) is 7.09. The van der Waals surface area contributed by atoms with Gasteiger partial charge in [0.15, 0.2) is 5.82 Å². The SMILES string of the molecule is Cc1noc(CN2CCN(c3ccc4nc(C5CC5)cn4c3)CC2)n1. The second-order valence-corrected chi connectivity index (χ2v) is 7.09. The molecule has 1 aliphatic heterocycles. The minimum absolute atomic E-state index is 0.695. The van der Waals surface area contributed by atoms with Gasteiger partial charge in [-0.05, 0) is 31.9 Å². The molecule has 0 unspecified atom stereocenters. The highest BCUT2D eigenvalue weighted by atomic mass is 16.5. The van der Waals surface area contributed by atoms with Gasteiger partial charge in [-0.15, -0.1) is 0 Å². The highest BCUT2D eigenvalue weighted by Gasteiger charge is 2.26. The average molecular weight is 338 g/mol. The molecule has 25 heavy (non-hydrogen) atoms. The van der Waals surface area contributed by atoms with Crippen LogP contribution in [0.3, 0.4) is 0 Å². The van der Waals surface area contributed by atoms with Crippen LogP contribution in [0.5, 0.6) is 0 Å². The Balaban J connectivity index is 1.26. The van der Waals surface area contributed by atoms with Gasteiger partial charge < -0.3 is 13.8 Å². The van der Waals surface area contributed by atoms with Gasteiger partial charge in [0.25, 0.3) is 0 Å².